The number of hydrogen-bond donors (Lipinski definition) is 1. The van der Waals surface area contributed by atoms with Gasteiger partial charge >= 0.3 is 0 Å². The highest BCUT2D eigenvalue weighted by Gasteiger charge is 2.35. The molecule has 1 amide bonds. The predicted octanol–water partition coefficient (Wildman–Crippen LogP) is 2.87. The molecule has 3 rings (SSSR count). The summed E-state index contributed by atoms with van der Waals surface area (Å²) >= 11 is 0. The summed E-state index contributed by atoms with van der Waals surface area (Å²) in [4.78, 5) is 12.6. The monoisotopic (exact) mass is 313 g/mol. The lowest BCUT2D eigenvalue weighted by molar-refractivity contribution is -0.135. The Kier molecular flexibility index (Phi) is 4.48. The molecule has 5 heteroatoms. The van der Waals surface area contributed by atoms with Gasteiger partial charge in [-0.2, -0.15) is 5.10 Å². The van der Waals surface area contributed by atoms with Crippen molar-refractivity contribution >= 4 is 5.91 Å². The van der Waals surface area contributed by atoms with Crippen LogP contribution in [-0.4, -0.2) is 28.9 Å². The zero-order chi connectivity index (χ0) is 16.3. The number of nitrogens with zero attached hydrogens (tertiary/aromatic N) is 2. The van der Waals surface area contributed by atoms with Gasteiger partial charge in [-0.25, -0.2) is 4.68 Å². The van der Waals surface area contributed by atoms with Crippen molar-refractivity contribution in [2.45, 2.75) is 32.7 Å². The molecule has 23 heavy (non-hydrogen) atoms. The fourth-order valence-corrected chi connectivity index (χ4v) is 2.86. The van der Waals surface area contributed by atoms with Crippen molar-refractivity contribution in [2.24, 2.45) is 5.41 Å². The first-order chi connectivity index (χ1) is 11.1. The summed E-state index contributed by atoms with van der Waals surface area (Å²) in [6, 6.07) is 9.94. The maximum atomic E-state index is 12.6. The highest BCUT2D eigenvalue weighted by atomic mass is 16.5. The molecule has 1 aromatic heterocycles. The first kappa shape index (κ1) is 15.7. The average molecular weight is 313 g/mol. The first-order valence-electron chi connectivity index (χ1n) is 8.07. The van der Waals surface area contributed by atoms with Crippen LogP contribution in [0.25, 0.3) is 5.69 Å². The Bertz CT molecular complexity index is 661. The van der Waals surface area contributed by atoms with E-state index in [1.54, 1.807) is 6.20 Å². The standard InChI is InChI=1S/C18H23N3O2/c1-14(20-17(22)18(2)7-11-23-12-8-18)15-5-3-6-16(13-15)21-10-4-9-19-21/h3-6,9-10,13-14H,7-8,11-12H2,1-2H3,(H,20,22)/t14-/m1/s1. The fraction of sp³-hybridized carbons (Fsp3) is 0.444. The van der Waals surface area contributed by atoms with Crippen molar-refractivity contribution in [3.8, 4) is 5.69 Å². The summed E-state index contributed by atoms with van der Waals surface area (Å²) in [5, 5.41) is 7.40. The highest BCUT2D eigenvalue weighted by molar-refractivity contribution is 5.82. The van der Waals surface area contributed by atoms with Crippen LogP contribution in [-0.2, 0) is 9.53 Å². The van der Waals surface area contributed by atoms with E-state index in [1.165, 1.54) is 0 Å². The Hall–Kier alpha value is -2.14. The predicted molar refractivity (Wildman–Crippen MR) is 88.3 cm³/mol. The number of amides is 1. The topological polar surface area (TPSA) is 56.1 Å². The summed E-state index contributed by atoms with van der Waals surface area (Å²) in [5.74, 6) is 0.109. The molecule has 1 aliphatic heterocycles. The second-order valence-electron chi connectivity index (χ2n) is 6.41. The molecule has 122 valence electrons. The lowest BCUT2D eigenvalue weighted by atomic mass is 9.81. The fourth-order valence-electron chi connectivity index (χ4n) is 2.86. The lowest BCUT2D eigenvalue weighted by Crippen LogP contribution is -2.43. The third-order valence-electron chi connectivity index (χ3n) is 4.63. The quantitative estimate of drug-likeness (QED) is 0.944. The van der Waals surface area contributed by atoms with Crippen LogP contribution in [0.3, 0.4) is 0 Å². The minimum Gasteiger partial charge on any atom is -0.381 e. The van der Waals surface area contributed by atoms with E-state index in [2.05, 4.69) is 16.5 Å². The van der Waals surface area contributed by atoms with Gasteiger partial charge in [0.05, 0.1) is 17.1 Å². The molecule has 0 saturated carbocycles. The van der Waals surface area contributed by atoms with Crippen molar-refractivity contribution in [3.63, 3.8) is 0 Å². The van der Waals surface area contributed by atoms with Gasteiger partial charge in [0.15, 0.2) is 0 Å². The smallest absolute Gasteiger partial charge is 0.226 e. The molecule has 1 N–H and O–H groups in total. The van der Waals surface area contributed by atoms with Crippen LogP contribution >= 0.6 is 0 Å². The van der Waals surface area contributed by atoms with Crippen LogP contribution in [0.5, 0.6) is 0 Å². The lowest BCUT2D eigenvalue weighted by Gasteiger charge is -2.33. The Morgan fingerprint density at radius 3 is 2.83 bits per heavy atom. The summed E-state index contributed by atoms with van der Waals surface area (Å²) in [6.07, 6.45) is 5.22. The SMILES string of the molecule is C[C@@H](NC(=O)C1(C)CCOCC1)c1cccc(-n2cccn2)c1. The molecule has 2 aromatic rings. The number of aromatic nitrogens is 2. The van der Waals surface area contributed by atoms with E-state index in [0.29, 0.717) is 13.2 Å². The highest BCUT2D eigenvalue weighted by Crippen LogP contribution is 2.31. The van der Waals surface area contributed by atoms with Gasteiger partial charge in [0.25, 0.3) is 0 Å². The summed E-state index contributed by atoms with van der Waals surface area (Å²) in [6.45, 7) is 5.36. The maximum Gasteiger partial charge on any atom is 0.226 e. The molecule has 5 nitrogen and oxygen atoms in total. The minimum absolute atomic E-state index is 0.0438. The molecule has 1 fully saturated rings. The third kappa shape index (κ3) is 3.45. The van der Waals surface area contributed by atoms with Crippen LogP contribution in [0.4, 0.5) is 0 Å². The molecular formula is C18H23N3O2. The van der Waals surface area contributed by atoms with Gasteiger partial charge in [0.2, 0.25) is 5.91 Å². The van der Waals surface area contributed by atoms with Crippen molar-refractivity contribution < 1.29 is 9.53 Å². The molecule has 0 aliphatic carbocycles. The van der Waals surface area contributed by atoms with Crippen LogP contribution in [0.15, 0.2) is 42.7 Å². The molecule has 1 atom stereocenters. The van der Waals surface area contributed by atoms with E-state index in [1.807, 2.05) is 49.0 Å². The molecular weight excluding hydrogens is 290 g/mol. The number of hydrogen-bond acceptors (Lipinski definition) is 3. The normalized spacial score (nSPS) is 18.3. The Morgan fingerprint density at radius 2 is 2.13 bits per heavy atom. The van der Waals surface area contributed by atoms with Crippen molar-refractivity contribution in [1.82, 2.24) is 15.1 Å². The first-order valence-corrected chi connectivity index (χ1v) is 8.07. The number of benzene rings is 1. The van der Waals surface area contributed by atoms with Crippen LogP contribution < -0.4 is 5.32 Å². The van der Waals surface area contributed by atoms with Gasteiger partial charge in [-0.05, 0) is 43.5 Å². The Morgan fingerprint density at radius 1 is 1.35 bits per heavy atom. The molecule has 0 spiro atoms. The van der Waals surface area contributed by atoms with Crippen molar-refractivity contribution in [3.05, 3.63) is 48.3 Å². The maximum absolute atomic E-state index is 12.6. The average Bonchev–Trinajstić information content (AvgIpc) is 3.10. The second-order valence-corrected chi connectivity index (χ2v) is 6.41. The third-order valence-corrected chi connectivity index (χ3v) is 4.63. The van der Waals surface area contributed by atoms with Crippen molar-refractivity contribution in [1.29, 1.82) is 0 Å². The van der Waals surface area contributed by atoms with Crippen molar-refractivity contribution in [2.75, 3.05) is 13.2 Å². The summed E-state index contributed by atoms with van der Waals surface area (Å²) < 4.78 is 7.19. The summed E-state index contributed by atoms with van der Waals surface area (Å²) in [7, 11) is 0. The number of nitrogens with one attached hydrogen (secondary N) is 1. The minimum atomic E-state index is -0.327. The molecule has 1 aliphatic rings. The van der Waals surface area contributed by atoms with E-state index in [4.69, 9.17) is 4.74 Å². The zero-order valence-corrected chi connectivity index (χ0v) is 13.7. The van der Waals surface area contributed by atoms with Gasteiger partial charge < -0.3 is 10.1 Å². The number of carbonyl (C=O) groups is 1. The van der Waals surface area contributed by atoms with Crippen LogP contribution in [0.1, 0.15) is 38.3 Å². The van der Waals surface area contributed by atoms with E-state index in [0.717, 1.165) is 24.1 Å². The Balaban J connectivity index is 1.72. The molecule has 0 bridgehead atoms. The molecule has 0 radical (unpaired) electrons. The zero-order valence-electron chi connectivity index (χ0n) is 13.7. The summed E-state index contributed by atoms with van der Waals surface area (Å²) in [5.41, 5.74) is 1.74. The van der Waals surface area contributed by atoms with E-state index < -0.39 is 0 Å². The second kappa shape index (κ2) is 6.54. The Labute approximate surface area is 136 Å². The van der Waals surface area contributed by atoms with Gasteiger partial charge in [-0.3, -0.25) is 4.79 Å². The number of ether oxygens (including phenoxy) is 1. The number of carbonyl (C=O) groups excluding carboxylic acids is 1. The van der Waals surface area contributed by atoms with Crippen LogP contribution in [0, 0.1) is 5.41 Å². The van der Waals surface area contributed by atoms with E-state index in [9.17, 15) is 4.79 Å². The van der Waals surface area contributed by atoms with Crippen LogP contribution in [0.2, 0.25) is 0 Å². The molecule has 1 saturated heterocycles. The van der Waals surface area contributed by atoms with Gasteiger partial charge in [-0.1, -0.05) is 19.1 Å². The molecule has 2 heterocycles. The van der Waals surface area contributed by atoms with Gasteiger partial charge in [-0.15, -0.1) is 0 Å². The van der Waals surface area contributed by atoms with Gasteiger partial charge in [0.1, 0.15) is 0 Å². The van der Waals surface area contributed by atoms with E-state index >= 15 is 0 Å². The largest absolute Gasteiger partial charge is 0.381 e. The van der Waals surface area contributed by atoms with E-state index in [-0.39, 0.29) is 17.4 Å². The van der Waals surface area contributed by atoms with Gasteiger partial charge in [0, 0.05) is 25.6 Å². The molecule has 0 unspecified atom stereocenters. The number of rotatable bonds is 4. The molecule has 1 aromatic carbocycles.